The summed E-state index contributed by atoms with van der Waals surface area (Å²) in [6.07, 6.45) is 5.11. The Morgan fingerprint density at radius 2 is 2.05 bits per heavy atom. The van der Waals surface area contributed by atoms with Crippen LogP contribution in [0.25, 0.3) is 0 Å². The number of rotatable bonds is 4. The van der Waals surface area contributed by atoms with E-state index in [-0.39, 0.29) is 5.91 Å². The zero-order valence-electron chi connectivity index (χ0n) is 13.4. The summed E-state index contributed by atoms with van der Waals surface area (Å²) in [7, 11) is 3.87. The van der Waals surface area contributed by atoms with Crippen LogP contribution in [0.1, 0.15) is 43.0 Å². The molecular weight excluding hydrogens is 262 g/mol. The lowest BCUT2D eigenvalue weighted by molar-refractivity contribution is 0.0937. The molecule has 1 aromatic rings. The first-order valence-electron chi connectivity index (χ1n) is 7.84. The lowest BCUT2D eigenvalue weighted by atomic mass is 9.80. The number of nitrogens with two attached hydrogens (primary N) is 1. The molecule has 0 aromatic heterocycles. The Morgan fingerprint density at radius 3 is 2.71 bits per heavy atom. The molecule has 2 rings (SSSR count). The maximum atomic E-state index is 12.5. The van der Waals surface area contributed by atoms with Crippen molar-refractivity contribution < 1.29 is 4.79 Å². The third kappa shape index (κ3) is 3.90. The van der Waals surface area contributed by atoms with Crippen LogP contribution in [-0.4, -0.2) is 26.5 Å². The fourth-order valence-corrected chi connectivity index (χ4v) is 3.14. The second-order valence-electron chi connectivity index (χ2n) is 6.40. The monoisotopic (exact) mass is 289 g/mol. The van der Waals surface area contributed by atoms with Crippen LogP contribution in [0.3, 0.4) is 0 Å². The van der Waals surface area contributed by atoms with Crippen LogP contribution in [0.2, 0.25) is 0 Å². The van der Waals surface area contributed by atoms with E-state index in [9.17, 15) is 4.79 Å². The summed E-state index contributed by atoms with van der Waals surface area (Å²) in [5.41, 5.74) is 8.01. The number of nitrogens with zero attached hydrogens (tertiary/aromatic N) is 1. The zero-order chi connectivity index (χ0) is 15.4. The third-order valence-electron chi connectivity index (χ3n) is 4.56. The van der Waals surface area contributed by atoms with Gasteiger partial charge in [-0.25, -0.2) is 0 Å². The van der Waals surface area contributed by atoms with E-state index in [1.807, 2.05) is 31.1 Å². The first-order chi connectivity index (χ1) is 9.99. The van der Waals surface area contributed by atoms with E-state index in [4.69, 9.17) is 5.73 Å². The molecule has 2 unspecified atom stereocenters. The third-order valence-corrected chi connectivity index (χ3v) is 4.56. The molecule has 116 valence electrons. The van der Waals surface area contributed by atoms with Gasteiger partial charge in [-0.2, -0.15) is 0 Å². The number of carbonyl (C=O) groups excluding carboxylic acids is 1. The average Bonchev–Trinajstić information content (AvgIpc) is 2.45. The quantitative estimate of drug-likeness (QED) is 0.838. The van der Waals surface area contributed by atoms with E-state index in [1.165, 1.54) is 25.7 Å². The number of anilines is 2. The van der Waals surface area contributed by atoms with E-state index < -0.39 is 0 Å². The van der Waals surface area contributed by atoms with E-state index in [2.05, 4.69) is 12.2 Å². The summed E-state index contributed by atoms with van der Waals surface area (Å²) in [6.45, 7) is 3.06. The van der Waals surface area contributed by atoms with Gasteiger partial charge in [0.05, 0.1) is 5.56 Å². The van der Waals surface area contributed by atoms with Crippen molar-refractivity contribution in [2.45, 2.75) is 32.6 Å². The summed E-state index contributed by atoms with van der Waals surface area (Å²) in [6, 6.07) is 5.48. The smallest absolute Gasteiger partial charge is 0.253 e. The van der Waals surface area contributed by atoms with Gasteiger partial charge in [0.1, 0.15) is 0 Å². The van der Waals surface area contributed by atoms with Crippen molar-refractivity contribution in [1.29, 1.82) is 0 Å². The lowest BCUT2D eigenvalue weighted by Gasteiger charge is -2.29. The second-order valence-corrected chi connectivity index (χ2v) is 6.40. The van der Waals surface area contributed by atoms with Crippen LogP contribution in [0, 0.1) is 11.8 Å². The molecule has 2 atom stereocenters. The summed E-state index contributed by atoms with van der Waals surface area (Å²) in [5.74, 6) is 1.28. The number of nitrogen functional groups attached to an aromatic ring is 1. The Hall–Kier alpha value is -1.71. The van der Waals surface area contributed by atoms with Crippen molar-refractivity contribution in [2.24, 2.45) is 11.8 Å². The SMILES string of the molecule is CC1CCCCC1CNC(=O)c1cc(N)ccc1N(C)C. The molecule has 1 aliphatic carbocycles. The van der Waals surface area contributed by atoms with E-state index >= 15 is 0 Å². The average molecular weight is 289 g/mol. The molecule has 1 saturated carbocycles. The number of benzene rings is 1. The van der Waals surface area contributed by atoms with Crippen molar-refractivity contribution in [1.82, 2.24) is 5.32 Å². The van der Waals surface area contributed by atoms with Crippen LogP contribution >= 0.6 is 0 Å². The first kappa shape index (κ1) is 15.7. The molecule has 1 aromatic carbocycles. The molecule has 3 N–H and O–H groups in total. The summed E-state index contributed by atoms with van der Waals surface area (Å²) in [4.78, 5) is 14.4. The van der Waals surface area contributed by atoms with Gasteiger partial charge in [0.15, 0.2) is 0 Å². The summed E-state index contributed by atoms with van der Waals surface area (Å²) in [5, 5.41) is 3.10. The predicted octanol–water partition coefficient (Wildman–Crippen LogP) is 2.89. The van der Waals surface area contributed by atoms with E-state index in [1.54, 1.807) is 6.07 Å². The predicted molar refractivity (Wildman–Crippen MR) is 88.6 cm³/mol. The Bertz CT molecular complexity index is 499. The highest BCUT2D eigenvalue weighted by molar-refractivity contribution is 6.00. The molecule has 0 heterocycles. The normalized spacial score (nSPS) is 21.9. The van der Waals surface area contributed by atoms with Gasteiger partial charge in [-0.3, -0.25) is 4.79 Å². The molecule has 4 nitrogen and oxygen atoms in total. The number of carbonyl (C=O) groups is 1. The van der Waals surface area contributed by atoms with Gasteiger partial charge >= 0.3 is 0 Å². The maximum absolute atomic E-state index is 12.5. The van der Waals surface area contributed by atoms with Crippen molar-refractivity contribution in [3.63, 3.8) is 0 Å². The minimum atomic E-state index is -0.0243. The zero-order valence-corrected chi connectivity index (χ0v) is 13.4. The maximum Gasteiger partial charge on any atom is 0.253 e. The van der Waals surface area contributed by atoms with Crippen molar-refractivity contribution in [2.75, 3.05) is 31.3 Å². The molecule has 1 fully saturated rings. The molecule has 4 heteroatoms. The van der Waals surface area contributed by atoms with Gasteiger partial charge in [-0.1, -0.05) is 26.2 Å². The fourth-order valence-electron chi connectivity index (χ4n) is 3.14. The van der Waals surface area contributed by atoms with Crippen molar-refractivity contribution in [3.05, 3.63) is 23.8 Å². The van der Waals surface area contributed by atoms with Crippen LogP contribution in [0.5, 0.6) is 0 Å². The minimum absolute atomic E-state index is 0.0243. The summed E-state index contributed by atoms with van der Waals surface area (Å²) < 4.78 is 0. The molecule has 1 aliphatic rings. The van der Waals surface area contributed by atoms with Gasteiger partial charge in [-0.05, 0) is 36.5 Å². The Balaban J connectivity index is 2.04. The second kappa shape index (κ2) is 6.83. The molecule has 1 amide bonds. The number of amides is 1. The molecule has 0 bridgehead atoms. The van der Waals surface area contributed by atoms with Crippen molar-refractivity contribution >= 4 is 17.3 Å². The standard InChI is InChI=1S/C17H27N3O/c1-12-6-4-5-7-13(12)11-19-17(21)15-10-14(18)8-9-16(15)20(2)3/h8-10,12-13H,4-7,11,18H2,1-3H3,(H,19,21). The highest BCUT2D eigenvalue weighted by Gasteiger charge is 2.22. The number of nitrogens with one attached hydrogen (secondary N) is 1. The fraction of sp³-hybridized carbons (Fsp3) is 0.588. The number of hydrogen-bond donors (Lipinski definition) is 2. The molecule has 0 saturated heterocycles. The van der Waals surface area contributed by atoms with Crippen LogP contribution in [0.4, 0.5) is 11.4 Å². The first-order valence-corrected chi connectivity index (χ1v) is 7.84. The summed E-state index contributed by atoms with van der Waals surface area (Å²) >= 11 is 0. The Labute approximate surface area is 127 Å². The van der Waals surface area contributed by atoms with Gasteiger partial charge in [-0.15, -0.1) is 0 Å². The molecule has 0 spiro atoms. The van der Waals surface area contributed by atoms with E-state index in [0.29, 0.717) is 23.1 Å². The van der Waals surface area contributed by atoms with Gasteiger partial charge < -0.3 is 16.0 Å². The minimum Gasteiger partial charge on any atom is -0.399 e. The van der Waals surface area contributed by atoms with Crippen LogP contribution in [0.15, 0.2) is 18.2 Å². The largest absolute Gasteiger partial charge is 0.399 e. The number of hydrogen-bond acceptors (Lipinski definition) is 3. The van der Waals surface area contributed by atoms with Crippen molar-refractivity contribution in [3.8, 4) is 0 Å². The molecule has 21 heavy (non-hydrogen) atoms. The van der Waals surface area contributed by atoms with Gasteiger partial charge in [0.25, 0.3) is 5.91 Å². The molecule has 0 aliphatic heterocycles. The lowest BCUT2D eigenvalue weighted by Crippen LogP contribution is -2.34. The Kier molecular flexibility index (Phi) is 5.10. The van der Waals surface area contributed by atoms with Gasteiger partial charge in [0, 0.05) is 32.0 Å². The highest BCUT2D eigenvalue weighted by atomic mass is 16.1. The van der Waals surface area contributed by atoms with Gasteiger partial charge in [0.2, 0.25) is 0 Å². The van der Waals surface area contributed by atoms with E-state index in [0.717, 1.165) is 12.2 Å². The highest BCUT2D eigenvalue weighted by Crippen LogP contribution is 2.29. The Morgan fingerprint density at radius 1 is 1.33 bits per heavy atom. The molecule has 0 radical (unpaired) electrons. The van der Waals surface area contributed by atoms with Crippen LogP contribution in [-0.2, 0) is 0 Å². The van der Waals surface area contributed by atoms with Crippen LogP contribution < -0.4 is 16.0 Å². The topological polar surface area (TPSA) is 58.4 Å². The molecular formula is C17H27N3O.